The SMILES string of the molecule is CC(C)c1nc(CN2CCCCC2C)sc1CC(=O)O. The van der Waals surface area contributed by atoms with E-state index in [1.807, 2.05) is 0 Å². The van der Waals surface area contributed by atoms with Crippen LogP contribution < -0.4 is 0 Å². The molecule has 0 radical (unpaired) electrons. The molecular weight excluding hydrogens is 272 g/mol. The van der Waals surface area contributed by atoms with Gasteiger partial charge in [0.25, 0.3) is 0 Å². The van der Waals surface area contributed by atoms with Gasteiger partial charge in [-0.3, -0.25) is 9.69 Å². The van der Waals surface area contributed by atoms with Crippen LogP contribution in [0.3, 0.4) is 0 Å². The van der Waals surface area contributed by atoms with Crippen LogP contribution in [0.15, 0.2) is 0 Å². The van der Waals surface area contributed by atoms with E-state index in [1.165, 1.54) is 19.3 Å². The summed E-state index contributed by atoms with van der Waals surface area (Å²) in [4.78, 5) is 19.1. The van der Waals surface area contributed by atoms with Crippen LogP contribution in [-0.4, -0.2) is 33.5 Å². The summed E-state index contributed by atoms with van der Waals surface area (Å²) in [6, 6.07) is 0.609. The molecule has 0 bridgehead atoms. The molecule has 0 amide bonds. The summed E-state index contributed by atoms with van der Waals surface area (Å²) in [7, 11) is 0. The van der Waals surface area contributed by atoms with Gasteiger partial charge in [0.15, 0.2) is 0 Å². The lowest BCUT2D eigenvalue weighted by atomic mass is 10.0. The predicted molar refractivity (Wildman–Crippen MR) is 81.3 cm³/mol. The fourth-order valence-electron chi connectivity index (χ4n) is 2.76. The first-order valence-electron chi connectivity index (χ1n) is 7.41. The molecule has 1 aromatic heterocycles. The summed E-state index contributed by atoms with van der Waals surface area (Å²) in [6.45, 7) is 8.42. The second-order valence-corrected chi connectivity index (χ2v) is 7.12. The maximum atomic E-state index is 11.0. The van der Waals surface area contributed by atoms with Crippen LogP contribution in [0.5, 0.6) is 0 Å². The topological polar surface area (TPSA) is 53.4 Å². The number of likely N-dealkylation sites (tertiary alicyclic amines) is 1. The number of nitrogens with zero attached hydrogens (tertiary/aromatic N) is 2. The zero-order chi connectivity index (χ0) is 14.7. The number of piperidine rings is 1. The van der Waals surface area contributed by atoms with E-state index in [4.69, 9.17) is 10.1 Å². The molecule has 1 saturated heterocycles. The Morgan fingerprint density at radius 3 is 2.85 bits per heavy atom. The fraction of sp³-hybridized carbons (Fsp3) is 0.733. The van der Waals surface area contributed by atoms with Crippen LogP contribution in [0.1, 0.15) is 61.5 Å². The van der Waals surface area contributed by atoms with Crippen LogP contribution in [0, 0.1) is 0 Å². The van der Waals surface area contributed by atoms with E-state index < -0.39 is 5.97 Å². The number of hydrogen-bond donors (Lipinski definition) is 1. The van der Waals surface area contributed by atoms with Crippen molar-refractivity contribution in [3.63, 3.8) is 0 Å². The number of aliphatic carboxylic acids is 1. The highest BCUT2D eigenvalue weighted by molar-refractivity contribution is 7.11. The summed E-state index contributed by atoms with van der Waals surface area (Å²) < 4.78 is 0. The summed E-state index contributed by atoms with van der Waals surface area (Å²) in [5, 5.41) is 10.1. The number of carbonyl (C=O) groups is 1. The molecule has 112 valence electrons. The Labute approximate surface area is 124 Å². The summed E-state index contributed by atoms with van der Waals surface area (Å²) in [6.07, 6.45) is 3.93. The monoisotopic (exact) mass is 296 g/mol. The standard InChI is InChI=1S/C15H24N2O2S/c1-10(2)15-12(8-14(18)19)20-13(16-15)9-17-7-5-4-6-11(17)3/h10-11H,4-9H2,1-3H3,(H,18,19). The lowest BCUT2D eigenvalue weighted by molar-refractivity contribution is -0.136. The summed E-state index contributed by atoms with van der Waals surface area (Å²) >= 11 is 1.58. The molecule has 1 aliphatic rings. The fourth-order valence-corrected chi connectivity index (χ4v) is 4.00. The smallest absolute Gasteiger partial charge is 0.308 e. The Morgan fingerprint density at radius 1 is 1.50 bits per heavy atom. The maximum absolute atomic E-state index is 11.0. The Kier molecular flexibility index (Phi) is 5.16. The number of carboxylic acids is 1. The highest BCUT2D eigenvalue weighted by Gasteiger charge is 2.22. The van der Waals surface area contributed by atoms with Gasteiger partial charge in [-0.1, -0.05) is 20.3 Å². The van der Waals surface area contributed by atoms with Crippen molar-refractivity contribution < 1.29 is 9.90 Å². The molecule has 20 heavy (non-hydrogen) atoms. The average Bonchev–Trinajstić information content (AvgIpc) is 2.74. The molecule has 1 N–H and O–H groups in total. The third-order valence-electron chi connectivity index (χ3n) is 3.91. The van der Waals surface area contributed by atoms with E-state index >= 15 is 0 Å². The van der Waals surface area contributed by atoms with Crippen molar-refractivity contribution in [1.82, 2.24) is 9.88 Å². The quantitative estimate of drug-likeness (QED) is 0.906. The van der Waals surface area contributed by atoms with Crippen LogP contribution in [0.4, 0.5) is 0 Å². The van der Waals surface area contributed by atoms with Gasteiger partial charge in [0.2, 0.25) is 0 Å². The lowest BCUT2D eigenvalue weighted by Crippen LogP contribution is -2.36. The highest BCUT2D eigenvalue weighted by atomic mass is 32.1. The molecule has 0 saturated carbocycles. The second-order valence-electron chi connectivity index (χ2n) is 5.96. The molecule has 1 unspecified atom stereocenters. The molecular formula is C15H24N2O2S. The first kappa shape index (κ1) is 15.4. The van der Waals surface area contributed by atoms with Crippen LogP contribution in [0.25, 0.3) is 0 Å². The van der Waals surface area contributed by atoms with E-state index in [-0.39, 0.29) is 12.3 Å². The maximum Gasteiger partial charge on any atom is 0.308 e. The number of thiazole rings is 1. The zero-order valence-electron chi connectivity index (χ0n) is 12.6. The number of hydrogen-bond acceptors (Lipinski definition) is 4. The minimum atomic E-state index is -0.770. The molecule has 2 rings (SSSR count). The van der Waals surface area contributed by atoms with Gasteiger partial charge in [-0.05, 0) is 32.2 Å². The first-order valence-corrected chi connectivity index (χ1v) is 8.23. The van der Waals surface area contributed by atoms with E-state index in [1.54, 1.807) is 11.3 Å². The van der Waals surface area contributed by atoms with E-state index in [2.05, 4.69) is 25.7 Å². The van der Waals surface area contributed by atoms with Crippen LogP contribution >= 0.6 is 11.3 Å². The van der Waals surface area contributed by atoms with Gasteiger partial charge < -0.3 is 5.11 Å². The predicted octanol–water partition coefficient (Wildman–Crippen LogP) is 3.27. The van der Waals surface area contributed by atoms with Gasteiger partial charge in [-0.25, -0.2) is 4.98 Å². The summed E-state index contributed by atoms with van der Waals surface area (Å²) in [5.74, 6) is -0.485. The molecule has 2 heterocycles. The molecule has 1 aromatic rings. The molecule has 0 spiro atoms. The lowest BCUT2D eigenvalue weighted by Gasteiger charge is -2.32. The molecule has 0 aromatic carbocycles. The van der Waals surface area contributed by atoms with Crippen molar-refractivity contribution in [3.05, 3.63) is 15.6 Å². The average molecular weight is 296 g/mol. The molecule has 1 aliphatic heterocycles. The number of aromatic nitrogens is 1. The van der Waals surface area contributed by atoms with Crippen molar-refractivity contribution in [2.45, 2.75) is 65.0 Å². The van der Waals surface area contributed by atoms with Crippen LogP contribution in [0.2, 0.25) is 0 Å². The Morgan fingerprint density at radius 2 is 2.25 bits per heavy atom. The van der Waals surface area contributed by atoms with Gasteiger partial charge in [0, 0.05) is 10.9 Å². The Bertz CT molecular complexity index is 470. The molecule has 5 heteroatoms. The largest absolute Gasteiger partial charge is 0.481 e. The van der Waals surface area contributed by atoms with E-state index in [0.29, 0.717) is 6.04 Å². The van der Waals surface area contributed by atoms with Crippen LogP contribution in [-0.2, 0) is 17.8 Å². The molecule has 0 aliphatic carbocycles. The minimum absolute atomic E-state index is 0.0979. The van der Waals surface area contributed by atoms with E-state index in [9.17, 15) is 4.79 Å². The van der Waals surface area contributed by atoms with Crippen molar-refractivity contribution in [1.29, 1.82) is 0 Å². The summed E-state index contributed by atoms with van der Waals surface area (Å²) in [5.41, 5.74) is 0.970. The Hall–Kier alpha value is -0.940. The van der Waals surface area contributed by atoms with Crippen molar-refractivity contribution in [2.24, 2.45) is 0 Å². The van der Waals surface area contributed by atoms with Gasteiger partial charge in [-0.2, -0.15) is 0 Å². The second kappa shape index (κ2) is 6.68. The minimum Gasteiger partial charge on any atom is -0.481 e. The molecule has 1 fully saturated rings. The van der Waals surface area contributed by atoms with Gasteiger partial charge >= 0.3 is 5.97 Å². The van der Waals surface area contributed by atoms with Gasteiger partial charge in [-0.15, -0.1) is 11.3 Å². The zero-order valence-corrected chi connectivity index (χ0v) is 13.4. The van der Waals surface area contributed by atoms with Gasteiger partial charge in [0.1, 0.15) is 5.01 Å². The van der Waals surface area contributed by atoms with E-state index in [0.717, 1.165) is 28.7 Å². The van der Waals surface area contributed by atoms with Crippen molar-refractivity contribution in [3.8, 4) is 0 Å². The number of rotatable bonds is 5. The normalized spacial score (nSPS) is 20.5. The Balaban J connectivity index is 2.13. The highest BCUT2D eigenvalue weighted by Crippen LogP contribution is 2.28. The molecule has 1 atom stereocenters. The first-order chi connectivity index (χ1) is 9.47. The van der Waals surface area contributed by atoms with Crippen molar-refractivity contribution in [2.75, 3.05) is 6.54 Å². The third-order valence-corrected chi connectivity index (χ3v) is 4.97. The molecule has 4 nitrogen and oxygen atoms in total. The third kappa shape index (κ3) is 3.79. The van der Waals surface area contributed by atoms with Crippen molar-refractivity contribution >= 4 is 17.3 Å². The van der Waals surface area contributed by atoms with Gasteiger partial charge in [0.05, 0.1) is 18.7 Å². The number of carboxylic acid groups (broad SMARTS) is 1.